The van der Waals surface area contributed by atoms with E-state index in [1.807, 2.05) is 31.2 Å². The standard InChI is InChI=1S/C21H30N4O3/c1-3-22-21(25-14-20(26)23-13-19-10-7-11-28-19)24-12-17(2)15-27-16-18-8-5-4-6-9-18/h4-11,17H,3,12-16H2,1-2H3,(H,23,26)(H2,22,24,25). The van der Waals surface area contributed by atoms with Crippen LogP contribution in [0.25, 0.3) is 0 Å². The van der Waals surface area contributed by atoms with Gasteiger partial charge in [-0.15, -0.1) is 0 Å². The normalized spacial score (nSPS) is 12.4. The average molecular weight is 386 g/mol. The molecular weight excluding hydrogens is 356 g/mol. The van der Waals surface area contributed by atoms with Gasteiger partial charge < -0.3 is 25.1 Å². The van der Waals surface area contributed by atoms with Crippen LogP contribution in [0.3, 0.4) is 0 Å². The number of hydrogen-bond acceptors (Lipinski definition) is 4. The van der Waals surface area contributed by atoms with Gasteiger partial charge >= 0.3 is 0 Å². The maximum Gasteiger partial charge on any atom is 0.242 e. The maximum atomic E-state index is 11.9. The minimum Gasteiger partial charge on any atom is -0.467 e. The largest absolute Gasteiger partial charge is 0.467 e. The highest BCUT2D eigenvalue weighted by Gasteiger charge is 2.06. The predicted octanol–water partition coefficient (Wildman–Crippen LogP) is 2.30. The van der Waals surface area contributed by atoms with Crippen LogP contribution in [-0.2, 0) is 22.7 Å². The van der Waals surface area contributed by atoms with Crippen molar-refractivity contribution in [3.05, 3.63) is 60.1 Å². The predicted molar refractivity (Wildman–Crippen MR) is 110 cm³/mol. The Hall–Kier alpha value is -2.80. The number of amides is 1. The summed E-state index contributed by atoms with van der Waals surface area (Å²) in [5.41, 5.74) is 1.16. The molecule has 0 aliphatic rings. The molecule has 2 aromatic rings. The van der Waals surface area contributed by atoms with Crippen LogP contribution in [0.5, 0.6) is 0 Å². The molecule has 1 unspecified atom stereocenters. The van der Waals surface area contributed by atoms with E-state index in [1.165, 1.54) is 0 Å². The van der Waals surface area contributed by atoms with Crippen LogP contribution in [0.4, 0.5) is 0 Å². The fourth-order valence-corrected chi connectivity index (χ4v) is 2.43. The van der Waals surface area contributed by atoms with Gasteiger partial charge in [-0.2, -0.15) is 0 Å². The van der Waals surface area contributed by atoms with Crippen LogP contribution in [0.1, 0.15) is 25.2 Å². The first-order valence-corrected chi connectivity index (χ1v) is 9.60. The quantitative estimate of drug-likeness (QED) is 0.407. The van der Waals surface area contributed by atoms with E-state index in [2.05, 4.69) is 40.0 Å². The van der Waals surface area contributed by atoms with Crippen LogP contribution in [-0.4, -0.2) is 38.1 Å². The first kappa shape index (κ1) is 21.5. The zero-order valence-electron chi connectivity index (χ0n) is 16.6. The number of carbonyl (C=O) groups is 1. The fraction of sp³-hybridized carbons (Fsp3) is 0.429. The van der Waals surface area contributed by atoms with Crippen molar-refractivity contribution in [3.63, 3.8) is 0 Å². The summed E-state index contributed by atoms with van der Waals surface area (Å²) in [5, 5.41) is 9.17. The molecule has 152 valence electrons. The summed E-state index contributed by atoms with van der Waals surface area (Å²) in [4.78, 5) is 16.2. The summed E-state index contributed by atoms with van der Waals surface area (Å²) in [6.45, 7) is 7.18. The van der Waals surface area contributed by atoms with Crippen LogP contribution >= 0.6 is 0 Å². The Morgan fingerprint density at radius 3 is 2.68 bits per heavy atom. The number of rotatable bonds is 11. The van der Waals surface area contributed by atoms with Gasteiger partial charge in [0.1, 0.15) is 12.3 Å². The van der Waals surface area contributed by atoms with E-state index in [0.717, 1.165) is 12.1 Å². The topological polar surface area (TPSA) is 87.9 Å². The van der Waals surface area contributed by atoms with E-state index in [-0.39, 0.29) is 12.5 Å². The molecule has 1 aromatic heterocycles. The number of hydrogen-bond donors (Lipinski definition) is 3. The van der Waals surface area contributed by atoms with Crippen molar-refractivity contribution in [2.75, 3.05) is 26.2 Å². The first-order valence-electron chi connectivity index (χ1n) is 9.60. The molecule has 0 saturated carbocycles. The van der Waals surface area contributed by atoms with E-state index in [9.17, 15) is 4.79 Å². The van der Waals surface area contributed by atoms with E-state index < -0.39 is 0 Å². The Balaban J connectivity index is 1.67. The number of benzene rings is 1. The number of ether oxygens (including phenoxy) is 1. The van der Waals surface area contributed by atoms with Gasteiger partial charge in [0.05, 0.1) is 26.0 Å². The Morgan fingerprint density at radius 1 is 1.14 bits per heavy atom. The lowest BCUT2D eigenvalue weighted by molar-refractivity contribution is -0.119. The van der Waals surface area contributed by atoms with Crippen LogP contribution < -0.4 is 16.0 Å². The highest BCUT2D eigenvalue weighted by atomic mass is 16.5. The summed E-state index contributed by atoms with van der Waals surface area (Å²) in [7, 11) is 0. The average Bonchev–Trinajstić information content (AvgIpc) is 3.23. The number of guanidine groups is 1. The Labute approximate surface area is 166 Å². The molecule has 0 aliphatic heterocycles. The SMILES string of the molecule is CCNC(=NCC(=O)NCc1ccco1)NCC(C)COCc1ccccc1. The van der Waals surface area contributed by atoms with Crippen molar-refractivity contribution in [3.8, 4) is 0 Å². The number of carbonyl (C=O) groups excluding carboxylic acids is 1. The molecule has 0 bridgehead atoms. The zero-order chi connectivity index (χ0) is 20.0. The van der Waals surface area contributed by atoms with Gasteiger partial charge in [0.2, 0.25) is 5.91 Å². The smallest absolute Gasteiger partial charge is 0.242 e. The van der Waals surface area contributed by atoms with Crippen molar-refractivity contribution in [2.45, 2.75) is 27.0 Å². The Kier molecular flexibility index (Phi) is 9.65. The minimum atomic E-state index is -0.159. The monoisotopic (exact) mass is 386 g/mol. The molecule has 7 heteroatoms. The fourth-order valence-electron chi connectivity index (χ4n) is 2.43. The summed E-state index contributed by atoms with van der Waals surface area (Å²) in [6.07, 6.45) is 1.58. The van der Waals surface area contributed by atoms with Gasteiger partial charge in [-0.05, 0) is 30.5 Å². The van der Waals surface area contributed by atoms with E-state index in [1.54, 1.807) is 12.3 Å². The molecule has 2 rings (SSSR count). The van der Waals surface area contributed by atoms with Crippen LogP contribution in [0, 0.1) is 5.92 Å². The summed E-state index contributed by atoms with van der Waals surface area (Å²) < 4.78 is 11.0. The molecule has 0 saturated heterocycles. The van der Waals surface area contributed by atoms with E-state index in [0.29, 0.717) is 43.9 Å². The molecule has 0 spiro atoms. The lowest BCUT2D eigenvalue weighted by Crippen LogP contribution is -2.41. The third kappa shape index (κ3) is 8.73. The molecule has 1 amide bonds. The Bertz CT molecular complexity index is 702. The molecule has 0 fully saturated rings. The molecule has 1 aromatic carbocycles. The molecular formula is C21H30N4O3. The van der Waals surface area contributed by atoms with E-state index in [4.69, 9.17) is 9.15 Å². The molecule has 0 radical (unpaired) electrons. The van der Waals surface area contributed by atoms with Gasteiger partial charge in [0.15, 0.2) is 5.96 Å². The second kappa shape index (κ2) is 12.6. The maximum absolute atomic E-state index is 11.9. The summed E-state index contributed by atoms with van der Waals surface area (Å²) in [6, 6.07) is 13.7. The van der Waals surface area contributed by atoms with Crippen molar-refractivity contribution in [1.29, 1.82) is 0 Å². The number of furan rings is 1. The number of nitrogens with zero attached hydrogens (tertiary/aromatic N) is 1. The summed E-state index contributed by atoms with van der Waals surface area (Å²) >= 11 is 0. The zero-order valence-corrected chi connectivity index (χ0v) is 16.6. The van der Waals surface area contributed by atoms with Crippen LogP contribution in [0.15, 0.2) is 58.1 Å². The first-order chi connectivity index (χ1) is 13.7. The third-order valence-corrected chi connectivity index (χ3v) is 3.90. The van der Waals surface area contributed by atoms with Gasteiger partial charge in [-0.25, -0.2) is 4.99 Å². The van der Waals surface area contributed by atoms with Crippen LogP contribution in [0.2, 0.25) is 0 Å². The van der Waals surface area contributed by atoms with Crippen molar-refractivity contribution in [2.24, 2.45) is 10.9 Å². The van der Waals surface area contributed by atoms with Gasteiger partial charge in [0, 0.05) is 13.1 Å². The van der Waals surface area contributed by atoms with Gasteiger partial charge in [0.25, 0.3) is 0 Å². The van der Waals surface area contributed by atoms with Gasteiger partial charge in [-0.3, -0.25) is 4.79 Å². The molecule has 1 atom stereocenters. The molecule has 0 aliphatic carbocycles. The third-order valence-electron chi connectivity index (χ3n) is 3.90. The molecule has 1 heterocycles. The highest BCUT2D eigenvalue weighted by Crippen LogP contribution is 2.03. The number of aliphatic imine (C=N–C) groups is 1. The lowest BCUT2D eigenvalue weighted by Gasteiger charge is -2.16. The molecule has 3 N–H and O–H groups in total. The highest BCUT2D eigenvalue weighted by molar-refractivity contribution is 5.84. The van der Waals surface area contributed by atoms with E-state index >= 15 is 0 Å². The second-order valence-electron chi connectivity index (χ2n) is 6.54. The van der Waals surface area contributed by atoms with Crippen molar-refractivity contribution >= 4 is 11.9 Å². The van der Waals surface area contributed by atoms with Crippen molar-refractivity contribution < 1.29 is 13.9 Å². The van der Waals surface area contributed by atoms with Gasteiger partial charge in [-0.1, -0.05) is 37.3 Å². The lowest BCUT2D eigenvalue weighted by atomic mass is 10.2. The molecule has 7 nitrogen and oxygen atoms in total. The number of nitrogens with one attached hydrogen (secondary N) is 3. The summed E-state index contributed by atoms with van der Waals surface area (Å²) in [5.74, 6) is 1.48. The molecule has 28 heavy (non-hydrogen) atoms. The minimum absolute atomic E-state index is 0.0505. The second-order valence-corrected chi connectivity index (χ2v) is 6.54. The van der Waals surface area contributed by atoms with Crippen molar-refractivity contribution in [1.82, 2.24) is 16.0 Å². The Morgan fingerprint density at radius 2 is 1.96 bits per heavy atom.